The number of nitrogens with zero attached hydrogens (tertiary/aromatic N) is 4. The molecule has 21 heavy (non-hydrogen) atoms. The summed E-state index contributed by atoms with van der Waals surface area (Å²) in [5.74, 6) is 0. The van der Waals surface area contributed by atoms with Crippen molar-refractivity contribution in [1.82, 2.24) is 0 Å². The molecule has 2 aromatic rings. The van der Waals surface area contributed by atoms with Gasteiger partial charge in [0.05, 0.1) is 17.9 Å². The molecule has 0 amide bonds. The Balaban J connectivity index is 1.98. The maximum absolute atomic E-state index is 9.15. The van der Waals surface area contributed by atoms with Crippen molar-refractivity contribution >= 4 is 17.1 Å². The van der Waals surface area contributed by atoms with E-state index in [4.69, 9.17) is 5.26 Å². The fraction of sp³-hybridized carbons (Fsp3) is 0.176. The van der Waals surface area contributed by atoms with Gasteiger partial charge in [0.2, 0.25) is 0 Å². The molecule has 0 spiro atoms. The van der Waals surface area contributed by atoms with Crippen LogP contribution in [0.1, 0.15) is 11.1 Å². The predicted molar refractivity (Wildman–Crippen MR) is 85.2 cm³/mol. The molecule has 0 saturated carbocycles. The summed E-state index contributed by atoms with van der Waals surface area (Å²) in [5, 5.41) is 17.3. The summed E-state index contributed by atoms with van der Waals surface area (Å²) in [6, 6.07) is 18.5. The van der Waals surface area contributed by atoms with Gasteiger partial charge in [0.25, 0.3) is 0 Å². The molecule has 1 aliphatic rings. The van der Waals surface area contributed by atoms with E-state index < -0.39 is 0 Å². The smallest absolute Gasteiger partial charge is 0.161 e. The van der Waals surface area contributed by atoms with Crippen LogP contribution < -0.4 is 10.1 Å². The Bertz CT molecular complexity index is 708. The second kappa shape index (κ2) is 5.29. The summed E-state index contributed by atoms with van der Waals surface area (Å²) >= 11 is 0. The van der Waals surface area contributed by atoms with Gasteiger partial charge in [0.1, 0.15) is 6.07 Å². The Labute approximate surface area is 124 Å². The number of rotatable bonds is 2. The molecule has 0 atom stereocenters. The van der Waals surface area contributed by atoms with Crippen molar-refractivity contribution in [3.05, 3.63) is 59.7 Å². The topological polar surface area (TPSA) is 42.6 Å². The van der Waals surface area contributed by atoms with Crippen LogP contribution in [0.4, 0.5) is 11.4 Å². The van der Waals surface area contributed by atoms with Crippen molar-refractivity contribution in [3.63, 3.8) is 0 Å². The monoisotopic (exact) mass is 276 g/mol. The van der Waals surface area contributed by atoms with Crippen molar-refractivity contribution in [2.75, 3.05) is 16.7 Å². The fourth-order valence-electron chi connectivity index (χ4n) is 2.26. The molecule has 0 N–H and O–H groups in total. The Hall–Kier alpha value is -2.80. The molecule has 1 heterocycles. The predicted octanol–water partition coefficient (Wildman–Crippen LogP) is 3.42. The zero-order chi connectivity index (χ0) is 14.8. The highest BCUT2D eigenvalue weighted by Gasteiger charge is 2.25. The third-order valence-electron chi connectivity index (χ3n) is 3.47. The zero-order valence-corrected chi connectivity index (χ0v) is 12.1. The van der Waals surface area contributed by atoms with E-state index in [-0.39, 0.29) is 0 Å². The number of hydrazine groups is 1. The van der Waals surface area contributed by atoms with Crippen LogP contribution in [0.5, 0.6) is 0 Å². The molecule has 3 rings (SSSR count). The second-order valence-corrected chi connectivity index (χ2v) is 5.18. The largest absolute Gasteiger partial charge is 0.258 e. The summed E-state index contributed by atoms with van der Waals surface area (Å²) in [6.07, 6.45) is 0. The quantitative estimate of drug-likeness (QED) is 0.844. The number of anilines is 2. The third kappa shape index (κ3) is 2.59. The number of hydrogen-bond donors (Lipinski definition) is 0. The van der Waals surface area contributed by atoms with Crippen LogP contribution in [0.2, 0.25) is 0 Å². The summed E-state index contributed by atoms with van der Waals surface area (Å²) in [4.78, 5) is 0. The molecule has 0 unspecified atom stereocenters. The van der Waals surface area contributed by atoms with Crippen LogP contribution >= 0.6 is 0 Å². The van der Waals surface area contributed by atoms with Gasteiger partial charge in [-0.15, -0.1) is 5.10 Å². The van der Waals surface area contributed by atoms with E-state index in [9.17, 15) is 0 Å². The molecule has 0 saturated heterocycles. The van der Waals surface area contributed by atoms with Crippen LogP contribution in [-0.4, -0.2) is 12.3 Å². The van der Waals surface area contributed by atoms with Gasteiger partial charge in [-0.25, -0.2) is 0 Å². The molecule has 0 radical (unpaired) electrons. The zero-order valence-electron chi connectivity index (χ0n) is 12.1. The SMILES string of the molecule is Cc1ccc(N2CC(C#N)=NN2c2ccc(C)cc2)cc1. The summed E-state index contributed by atoms with van der Waals surface area (Å²) in [5.41, 5.74) is 4.89. The molecule has 1 aliphatic heterocycles. The number of aryl methyl sites for hydroxylation is 2. The van der Waals surface area contributed by atoms with Crippen LogP contribution in [0.3, 0.4) is 0 Å². The van der Waals surface area contributed by atoms with Gasteiger partial charge in [0, 0.05) is 0 Å². The summed E-state index contributed by atoms with van der Waals surface area (Å²) in [6.45, 7) is 4.60. The lowest BCUT2D eigenvalue weighted by Gasteiger charge is -2.28. The van der Waals surface area contributed by atoms with Crippen molar-refractivity contribution in [3.8, 4) is 6.07 Å². The van der Waals surface area contributed by atoms with E-state index in [1.165, 1.54) is 11.1 Å². The maximum atomic E-state index is 9.15. The van der Waals surface area contributed by atoms with Crippen LogP contribution in [-0.2, 0) is 0 Å². The highest BCUT2D eigenvalue weighted by atomic mass is 15.8. The minimum Gasteiger partial charge on any atom is -0.258 e. The lowest BCUT2D eigenvalue weighted by molar-refractivity contribution is 0.852. The highest BCUT2D eigenvalue weighted by molar-refractivity contribution is 6.04. The van der Waals surface area contributed by atoms with E-state index in [2.05, 4.69) is 37.2 Å². The fourth-order valence-corrected chi connectivity index (χ4v) is 2.26. The first-order valence-corrected chi connectivity index (χ1v) is 6.86. The molecule has 0 aliphatic carbocycles. The Morgan fingerprint density at radius 3 is 1.95 bits per heavy atom. The summed E-state index contributed by atoms with van der Waals surface area (Å²) in [7, 11) is 0. The lowest BCUT2D eigenvalue weighted by atomic mass is 10.2. The van der Waals surface area contributed by atoms with Crippen molar-refractivity contribution in [2.45, 2.75) is 13.8 Å². The number of hydrazone groups is 1. The number of nitriles is 1. The van der Waals surface area contributed by atoms with E-state index in [0.717, 1.165) is 11.4 Å². The number of hydrogen-bond acceptors (Lipinski definition) is 4. The van der Waals surface area contributed by atoms with E-state index in [1.807, 2.05) is 41.4 Å². The van der Waals surface area contributed by atoms with Crippen molar-refractivity contribution < 1.29 is 0 Å². The minimum absolute atomic E-state index is 0.493. The van der Waals surface area contributed by atoms with E-state index >= 15 is 0 Å². The van der Waals surface area contributed by atoms with E-state index in [1.54, 1.807) is 5.12 Å². The average Bonchev–Trinajstić information content (AvgIpc) is 2.93. The molecular weight excluding hydrogens is 260 g/mol. The Kier molecular flexibility index (Phi) is 3.33. The standard InChI is InChI=1S/C17H16N4/c1-13-3-7-16(8-4-13)20-12-15(11-18)19-21(20)17-9-5-14(2)6-10-17/h3-10H,12H2,1-2H3. The van der Waals surface area contributed by atoms with Crippen LogP contribution in [0.25, 0.3) is 0 Å². The molecule has 0 bridgehead atoms. The van der Waals surface area contributed by atoms with Gasteiger partial charge in [0.15, 0.2) is 5.71 Å². The average molecular weight is 276 g/mol. The van der Waals surface area contributed by atoms with Gasteiger partial charge in [-0.1, -0.05) is 35.4 Å². The van der Waals surface area contributed by atoms with E-state index in [0.29, 0.717) is 12.3 Å². The normalized spacial score (nSPS) is 14.0. The van der Waals surface area contributed by atoms with Crippen LogP contribution in [0.15, 0.2) is 53.6 Å². The minimum atomic E-state index is 0.493. The first-order chi connectivity index (χ1) is 10.2. The molecule has 104 valence electrons. The highest BCUT2D eigenvalue weighted by Crippen LogP contribution is 2.27. The maximum Gasteiger partial charge on any atom is 0.161 e. The van der Waals surface area contributed by atoms with Crippen molar-refractivity contribution in [1.29, 1.82) is 5.26 Å². The Morgan fingerprint density at radius 2 is 1.43 bits per heavy atom. The Morgan fingerprint density at radius 1 is 0.905 bits per heavy atom. The molecule has 2 aromatic carbocycles. The summed E-state index contributed by atoms with van der Waals surface area (Å²) < 4.78 is 0. The second-order valence-electron chi connectivity index (χ2n) is 5.18. The molecule has 4 heteroatoms. The third-order valence-corrected chi connectivity index (χ3v) is 3.47. The molecular formula is C17H16N4. The van der Waals surface area contributed by atoms with Crippen LogP contribution in [0, 0.1) is 25.2 Å². The molecule has 4 nitrogen and oxygen atoms in total. The molecule has 0 fully saturated rings. The molecule has 0 aromatic heterocycles. The number of benzene rings is 2. The van der Waals surface area contributed by atoms with Gasteiger partial charge in [-0.2, -0.15) is 10.4 Å². The lowest BCUT2D eigenvalue weighted by Crippen LogP contribution is -2.35. The van der Waals surface area contributed by atoms with Gasteiger partial charge in [-0.3, -0.25) is 5.01 Å². The van der Waals surface area contributed by atoms with Crippen molar-refractivity contribution in [2.24, 2.45) is 5.10 Å². The first-order valence-electron chi connectivity index (χ1n) is 6.86. The first kappa shape index (κ1) is 13.2. The van der Waals surface area contributed by atoms with Gasteiger partial charge < -0.3 is 0 Å². The van der Waals surface area contributed by atoms with Gasteiger partial charge in [-0.05, 0) is 38.1 Å². The van der Waals surface area contributed by atoms with Gasteiger partial charge >= 0.3 is 0 Å².